The highest BCUT2D eigenvalue weighted by molar-refractivity contribution is 7.18. The molecule has 3 heterocycles. The molecule has 0 spiro atoms. The Bertz CT molecular complexity index is 625. The van der Waals surface area contributed by atoms with Crippen LogP contribution < -0.4 is 16.6 Å². The first-order valence-electron chi connectivity index (χ1n) is 7.33. The monoisotopic (exact) mass is 306 g/mol. The van der Waals surface area contributed by atoms with Crippen LogP contribution in [0.5, 0.6) is 0 Å². The molecule has 1 aliphatic heterocycles. The normalized spacial score (nSPS) is 19.9. The number of thiophene rings is 1. The van der Waals surface area contributed by atoms with E-state index in [2.05, 4.69) is 45.6 Å². The van der Waals surface area contributed by atoms with Crippen LogP contribution in [0.3, 0.4) is 0 Å². The van der Waals surface area contributed by atoms with Gasteiger partial charge in [-0.3, -0.25) is 5.43 Å². The number of fused-ring (bicyclic) bond motifs is 1. The first-order valence-corrected chi connectivity index (χ1v) is 8.14. The third-order valence-corrected chi connectivity index (χ3v) is 4.87. The summed E-state index contributed by atoms with van der Waals surface area (Å²) in [6, 6.07) is 2.13. The van der Waals surface area contributed by atoms with Crippen LogP contribution in [0.2, 0.25) is 0 Å². The number of piperidine rings is 1. The topological polar surface area (TPSA) is 79.1 Å². The Morgan fingerprint density at radius 2 is 2.33 bits per heavy atom. The quantitative estimate of drug-likeness (QED) is 0.592. The molecule has 2 aromatic heterocycles. The summed E-state index contributed by atoms with van der Waals surface area (Å²) < 4.78 is 0. The van der Waals surface area contributed by atoms with E-state index >= 15 is 0 Å². The van der Waals surface area contributed by atoms with Crippen molar-refractivity contribution in [3.8, 4) is 0 Å². The van der Waals surface area contributed by atoms with E-state index < -0.39 is 0 Å². The molecule has 21 heavy (non-hydrogen) atoms. The molecule has 4 N–H and O–H groups in total. The third kappa shape index (κ3) is 3.25. The predicted molar refractivity (Wildman–Crippen MR) is 88.7 cm³/mol. The Labute approximate surface area is 128 Å². The zero-order chi connectivity index (χ0) is 14.8. The summed E-state index contributed by atoms with van der Waals surface area (Å²) in [5.41, 5.74) is 2.55. The minimum absolute atomic E-state index is 0.465. The summed E-state index contributed by atoms with van der Waals surface area (Å²) in [4.78, 5) is 13.5. The molecule has 0 saturated carbocycles. The molecule has 6 nitrogen and oxygen atoms in total. The van der Waals surface area contributed by atoms with Crippen LogP contribution >= 0.6 is 11.3 Å². The van der Waals surface area contributed by atoms with Crippen LogP contribution in [-0.2, 0) is 0 Å². The Morgan fingerprint density at radius 1 is 1.48 bits per heavy atom. The van der Waals surface area contributed by atoms with Gasteiger partial charge >= 0.3 is 0 Å². The van der Waals surface area contributed by atoms with Gasteiger partial charge in [0.25, 0.3) is 0 Å². The largest absolute Gasteiger partial charge is 0.369 e. The van der Waals surface area contributed by atoms with Crippen molar-refractivity contribution >= 4 is 33.3 Å². The van der Waals surface area contributed by atoms with E-state index in [1.54, 1.807) is 11.3 Å². The Balaban J connectivity index is 1.79. The second-order valence-corrected chi connectivity index (χ2v) is 7.00. The molecule has 1 unspecified atom stereocenters. The number of aryl methyl sites for hydroxylation is 1. The van der Waals surface area contributed by atoms with Crippen LogP contribution in [0.4, 0.5) is 11.8 Å². The lowest BCUT2D eigenvalue weighted by Crippen LogP contribution is -2.35. The maximum atomic E-state index is 5.47. The molecule has 1 saturated heterocycles. The minimum atomic E-state index is 0.465. The summed E-state index contributed by atoms with van der Waals surface area (Å²) in [5, 5.41) is 4.58. The summed E-state index contributed by atoms with van der Waals surface area (Å²) in [7, 11) is 2.19. The molecule has 1 fully saturated rings. The van der Waals surface area contributed by atoms with Gasteiger partial charge in [0.05, 0.1) is 5.39 Å². The molecular weight excluding hydrogens is 284 g/mol. The van der Waals surface area contributed by atoms with Crippen molar-refractivity contribution in [2.45, 2.75) is 19.8 Å². The van der Waals surface area contributed by atoms with Gasteiger partial charge in [0, 0.05) is 18.0 Å². The summed E-state index contributed by atoms with van der Waals surface area (Å²) in [6.45, 7) is 5.38. The van der Waals surface area contributed by atoms with E-state index in [9.17, 15) is 0 Å². The highest BCUT2D eigenvalue weighted by atomic mass is 32.1. The Hall–Kier alpha value is -1.44. The zero-order valence-corrected chi connectivity index (χ0v) is 13.3. The lowest BCUT2D eigenvalue weighted by molar-refractivity contribution is 0.217. The first kappa shape index (κ1) is 14.5. The number of nitrogens with two attached hydrogens (primary N) is 1. The van der Waals surface area contributed by atoms with Gasteiger partial charge in [0.15, 0.2) is 0 Å². The molecule has 0 radical (unpaired) electrons. The lowest BCUT2D eigenvalue weighted by atomic mass is 9.98. The van der Waals surface area contributed by atoms with Crippen molar-refractivity contribution in [2.24, 2.45) is 11.8 Å². The zero-order valence-electron chi connectivity index (χ0n) is 12.5. The molecular formula is C14H22N6S. The van der Waals surface area contributed by atoms with Gasteiger partial charge < -0.3 is 10.2 Å². The molecule has 0 amide bonds. The Kier molecular flexibility index (Phi) is 4.23. The van der Waals surface area contributed by atoms with Crippen LogP contribution in [0.15, 0.2) is 6.07 Å². The highest BCUT2D eigenvalue weighted by Crippen LogP contribution is 2.29. The summed E-state index contributed by atoms with van der Waals surface area (Å²) in [5.74, 6) is 7.48. The standard InChI is InChI=1S/C14H22N6S/c1-9-6-11-12(17-14(19-15)18-13(11)21-9)16-7-10-4-3-5-20(2)8-10/h6,10H,3-5,7-8,15H2,1-2H3,(H2,16,17,18,19). The molecule has 7 heteroatoms. The fraction of sp³-hybridized carbons (Fsp3) is 0.571. The van der Waals surface area contributed by atoms with Gasteiger partial charge in [-0.2, -0.15) is 4.98 Å². The van der Waals surface area contributed by atoms with Gasteiger partial charge in [0.1, 0.15) is 10.6 Å². The minimum Gasteiger partial charge on any atom is -0.369 e. The number of nitrogens with one attached hydrogen (secondary N) is 2. The number of hydrogen-bond acceptors (Lipinski definition) is 7. The van der Waals surface area contributed by atoms with Crippen LogP contribution in [-0.4, -0.2) is 41.5 Å². The van der Waals surface area contributed by atoms with E-state index in [1.165, 1.54) is 24.3 Å². The van der Waals surface area contributed by atoms with Crippen molar-refractivity contribution in [3.63, 3.8) is 0 Å². The van der Waals surface area contributed by atoms with Crippen molar-refractivity contribution in [1.29, 1.82) is 0 Å². The molecule has 0 bridgehead atoms. The van der Waals surface area contributed by atoms with Crippen molar-refractivity contribution in [3.05, 3.63) is 10.9 Å². The van der Waals surface area contributed by atoms with Gasteiger partial charge in [-0.05, 0) is 45.3 Å². The smallest absolute Gasteiger partial charge is 0.240 e. The maximum absolute atomic E-state index is 5.47. The number of hydrogen-bond donors (Lipinski definition) is 3. The highest BCUT2D eigenvalue weighted by Gasteiger charge is 2.18. The number of nitrogen functional groups attached to an aromatic ring is 1. The van der Waals surface area contributed by atoms with E-state index in [0.717, 1.165) is 29.1 Å². The van der Waals surface area contributed by atoms with Crippen molar-refractivity contribution in [2.75, 3.05) is 37.4 Å². The lowest BCUT2D eigenvalue weighted by Gasteiger charge is -2.29. The molecule has 114 valence electrons. The number of likely N-dealkylation sites (tertiary alicyclic amines) is 1. The second kappa shape index (κ2) is 6.13. The second-order valence-electron chi connectivity index (χ2n) is 5.77. The predicted octanol–water partition coefficient (Wildman–Crippen LogP) is 2.04. The fourth-order valence-corrected chi connectivity index (χ4v) is 3.80. The molecule has 3 rings (SSSR count). The van der Waals surface area contributed by atoms with E-state index in [4.69, 9.17) is 5.84 Å². The van der Waals surface area contributed by atoms with Crippen LogP contribution in [0.25, 0.3) is 10.2 Å². The summed E-state index contributed by atoms with van der Waals surface area (Å²) >= 11 is 1.66. The van der Waals surface area contributed by atoms with Gasteiger partial charge in [-0.25, -0.2) is 10.8 Å². The number of hydrazine groups is 1. The third-order valence-electron chi connectivity index (χ3n) is 3.93. The average molecular weight is 306 g/mol. The van der Waals surface area contributed by atoms with E-state index in [1.807, 2.05) is 0 Å². The molecule has 2 aromatic rings. The van der Waals surface area contributed by atoms with Gasteiger partial charge in [-0.15, -0.1) is 11.3 Å². The average Bonchev–Trinajstić information content (AvgIpc) is 2.85. The van der Waals surface area contributed by atoms with E-state index in [-0.39, 0.29) is 0 Å². The molecule has 1 aliphatic rings. The SMILES string of the molecule is Cc1cc2c(NCC3CCCN(C)C3)nc(NN)nc2s1. The van der Waals surface area contributed by atoms with E-state index in [0.29, 0.717) is 11.9 Å². The van der Waals surface area contributed by atoms with Crippen molar-refractivity contribution < 1.29 is 0 Å². The first-order chi connectivity index (χ1) is 10.2. The number of anilines is 2. The Morgan fingerprint density at radius 3 is 3.10 bits per heavy atom. The van der Waals surface area contributed by atoms with Gasteiger partial charge in [0.2, 0.25) is 5.95 Å². The number of aromatic nitrogens is 2. The van der Waals surface area contributed by atoms with Crippen LogP contribution in [0.1, 0.15) is 17.7 Å². The fourth-order valence-electron chi connectivity index (χ4n) is 2.92. The molecule has 0 aliphatic carbocycles. The number of nitrogens with zero attached hydrogens (tertiary/aromatic N) is 3. The molecule has 0 aromatic carbocycles. The number of rotatable bonds is 4. The molecule has 1 atom stereocenters. The van der Waals surface area contributed by atoms with Crippen molar-refractivity contribution in [1.82, 2.24) is 14.9 Å². The van der Waals surface area contributed by atoms with Crippen LogP contribution in [0, 0.1) is 12.8 Å². The van der Waals surface area contributed by atoms with Gasteiger partial charge in [-0.1, -0.05) is 0 Å². The summed E-state index contributed by atoms with van der Waals surface area (Å²) in [6.07, 6.45) is 2.55. The maximum Gasteiger partial charge on any atom is 0.240 e.